The van der Waals surface area contributed by atoms with Crippen LogP contribution >= 0.6 is 0 Å². The van der Waals surface area contributed by atoms with Crippen LogP contribution in [0.2, 0.25) is 0 Å². The molecule has 0 bridgehead atoms. The number of hydrogen-bond donors (Lipinski definition) is 2. The lowest BCUT2D eigenvalue weighted by Crippen LogP contribution is -2.33. The fourth-order valence-electron chi connectivity index (χ4n) is 3.81. The zero-order chi connectivity index (χ0) is 18.8. The van der Waals surface area contributed by atoms with E-state index in [4.69, 9.17) is 4.52 Å². The number of hydrogen-bond acceptors (Lipinski definition) is 5. The number of piperidine rings is 1. The van der Waals surface area contributed by atoms with Crippen LogP contribution in [0.25, 0.3) is 11.0 Å². The summed E-state index contributed by atoms with van der Waals surface area (Å²) in [5.41, 5.74) is 3.05. The van der Waals surface area contributed by atoms with Crippen LogP contribution in [0.15, 0.2) is 40.9 Å². The molecule has 3 aromatic rings. The summed E-state index contributed by atoms with van der Waals surface area (Å²) in [7, 11) is 0. The number of phenolic OH excluding ortho intramolecular Hbond substituents is 1. The first-order valence-corrected chi connectivity index (χ1v) is 9.53. The SMILES string of the molecule is CCCNc1cccc(N2CCC(c3noc4cc(F)ccc34)CC2)c1O. The van der Waals surface area contributed by atoms with Gasteiger partial charge in [-0.1, -0.05) is 18.1 Å². The maximum absolute atomic E-state index is 13.4. The average molecular weight is 369 g/mol. The van der Waals surface area contributed by atoms with Gasteiger partial charge in [-0.15, -0.1) is 0 Å². The number of benzene rings is 2. The van der Waals surface area contributed by atoms with Crippen LogP contribution in [0.3, 0.4) is 0 Å². The Morgan fingerprint density at radius 2 is 2.07 bits per heavy atom. The molecule has 0 saturated carbocycles. The molecule has 0 aliphatic carbocycles. The van der Waals surface area contributed by atoms with Crippen LogP contribution < -0.4 is 10.2 Å². The Kier molecular flexibility index (Phi) is 4.88. The number of nitrogens with one attached hydrogen (secondary N) is 1. The molecule has 0 unspecified atom stereocenters. The molecule has 6 heteroatoms. The number of phenols is 1. The topological polar surface area (TPSA) is 61.5 Å². The van der Waals surface area contributed by atoms with Crippen molar-refractivity contribution in [2.24, 2.45) is 0 Å². The third-order valence-corrected chi connectivity index (χ3v) is 5.26. The second-order valence-corrected chi connectivity index (χ2v) is 7.07. The Bertz CT molecular complexity index is 932. The van der Waals surface area contributed by atoms with Gasteiger partial charge in [-0.25, -0.2) is 4.39 Å². The molecule has 1 fully saturated rings. The summed E-state index contributed by atoms with van der Waals surface area (Å²) in [5.74, 6) is 0.273. The van der Waals surface area contributed by atoms with Gasteiger partial charge in [0, 0.05) is 37.0 Å². The molecule has 1 aliphatic rings. The summed E-state index contributed by atoms with van der Waals surface area (Å²) < 4.78 is 18.7. The van der Waals surface area contributed by atoms with Crippen LogP contribution in [0.5, 0.6) is 5.75 Å². The number of aromatic hydroxyl groups is 1. The summed E-state index contributed by atoms with van der Waals surface area (Å²) in [6.07, 6.45) is 2.82. The van der Waals surface area contributed by atoms with E-state index in [-0.39, 0.29) is 11.7 Å². The Labute approximate surface area is 157 Å². The number of halogens is 1. The van der Waals surface area contributed by atoms with Crippen molar-refractivity contribution in [3.8, 4) is 5.75 Å². The van der Waals surface area contributed by atoms with E-state index in [0.29, 0.717) is 11.3 Å². The van der Waals surface area contributed by atoms with Gasteiger partial charge in [0.05, 0.1) is 17.1 Å². The molecule has 2 N–H and O–H groups in total. The molecular weight excluding hydrogens is 345 g/mol. The van der Waals surface area contributed by atoms with Crippen molar-refractivity contribution >= 4 is 22.3 Å². The maximum atomic E-state index is 13.4. The summed E-state index contributed by atoms with van der Waals surface area (Å²) in [4.78, 5) is 2.21. The summed E-state index contributed by atoms with van der Waals surface area (Å²) >= 11 is 0. The number of para-hydroxylation sites is 1. The van der Waals surface area contributed by atoms with E-state index in [1.807, 2.05) is 18.2 Å². The standard InChI is InChI=1S/C21H24FN3O2/c1-2-10-23-17-4-3-5-18(21(17)26)25-11-8-14(9-12-25)20-16-7-6-15(22)13-19(16)27-24-20/h3-7,13-14,23,26H,2,8-12H2,1H3. The smallest absolute Gasteiger partial charge is 0.170 e. The van der Waals surface area contributed by atoms with Gasteiger partial charge in [-0.05, 0) is 43.5 Å². The molecule has 2 heterocycles. The lowest BCUT2D eigenvalue weighted by atomic mass is 9.91. The van der Waals surface area contributed by atoms with Crippen LogP contribution in [-0.2, 0) is 0 Å². The lowest BCUT2D eigenvalue weighted by Gasteiger charge is -2.33. The molecule has 0 radical (unpaired) electrons. The predicted molar refractivity (Wildman–Crippen MR) is 105 cm³/mol. The molecule has 1 aromatic heterocycles. The highest BCUT2D eigenvalue weighted by Gasteiger charge is 2.26. The predicted octanol–water partition coefficient (Wildman–Crippen LogP) is 4.88. The molecular formula is C21H24FN3O2. The molecule has 2 aromatic carbocycles. The first kappa shape index (κ1) is 17.6. The van der Waals surface area contributed by atoms with Crippen LogP contribution in [0, 0.1) is 5.82 Å². The van der Waals surface area contributed by atoms with Gasteiger partial charge in [0.2, 0.25) is 0 Å². The minimum Gasteiger partial charge on any atom is -0.504 e. The van der Waals surface area contributed by atoms with E-state index < -0.39 is 0 Å². The van der Waals surface area contributed by atoms with Gasteiger partial charge in [-0.2, -0.15) is 0 Å². The quantitative estimate of drug-likeness (QED) is 0.628. The molecule has 4 rings (SSSR count). The van der Waals surface area contributed by atoms with E-state index in [9.17, 15) is 9.50 Å². The largest absolute Gasteiger partial charge is 0.504 e. The Balaban J connectivity index is 1.49. The van der Waals surface area contributed by atoms with E-state index in [1.165, 1.54) is 12.1 Å². The molecule has 5 nitrogen and oxygen atoms in total. The molecule has 0 spiro atoms. The Morgan fingerprint density at radius 3 is 2.85 bits per heavy atom. The van der Waals surface area contributed by atoms with Crippen LogP contribution in [0.1, 0.15) is 37.8 Å². The first-order chi connectivity index (χ1) is 13.2. The molecule has 0 amide bonds. The van der Waals surface area contributed by atoms with Gasteiger partial charge in [-0.3, -0.25) is 0 Å². The number of anilines is 2. The van der Waals surface area contributed by atoms with Gasteiger partial charge in [0.25, 0.3) is 0 Å². The highest BCUT2D eigenvalue weighted by atomic mass is 19.1. The van der Waals surface area contributed by atoms with Crippen molar-refractivity contribution in [3.63, 3.8) is 0 Å². The summed E-state index contributed by atoms with van der Waals surface area (Å²) in [5, 5.41) is 19.0. The number of aromatic nitrogens is 1. The van der Waals surface area contributed by atoms with Gasteiger partial charge in [0.15, 0.2) is 11.3 Å². The maximum Gasteiger partial charge on any atom is 0.170 e. The zero-order valence-electron chi connectivity index (χ0n) is 15.4. The van der Waals surface area contributed by atoms with E-state index in [0.717, 1.165) is 61.4 Å². The molecule has 1 saturated heterocycles. The van der Waals surface area contributed by atoms with Crippen molar-refractivity contribution in [1.82, 2.24) is 5.16 Å². The minimum atomic E-state index is -0.313. The number of fused-ring (bicyclic) bond motifs is 1. The van der Waals surface area contributed by atoms with Gasteiger partial charge >= 0.3 is 0 Å². The molecule has 142 valence electrons. The van der Waals surface area contributed by atoms with E-state index in [1.54, 1.807) is 6.07 Å². The minimum absolute atomic E-state index is 0.275. The van der Waals surface area contributed by atoms with Crippen molar-refractivity contribution in [2.45, 2.75) is 32.1 Å². The van der Waals surface area contributed by atoms with Crippen LogP contribution in [0.4, 0.5) is 15.8 Å². The second-order valence-electron chi connectivity index (χ2n) is 7.07. The van der Waals surface area contributed by atoms with E-state index >= 15 is 0 Å². The van der Waals surface area contributed by atoms with Crippen LogP contribution in [-0.4, -0.2) is 29.9 Å². The summed E-state index contributed by atoms with van der Waals surface area (Å²) in [6, 6.07) is 10.4. The molecule has 27 heavy (non-hydrogen) atoms. The van der Waals surface area contributed by atoms with Gasteiger partial charge < -0.3 is 19.8 Å². The Morgan fingerprint density at radius 1 is 1.26 bits per heavy atom. The van der Waals surface area contributed by atoms with Crippen molar-refractivity contribution < 1.29 is 14.0 Å². The molecule has 1 aliphatic heterocycles. The van der Waals surface area contributed by atoms with Crippen molar-refractivity contribution in [1.29, 1.82) is 0 Å². The van der Waals surface area contributed by atoms with Crippen molar-refractivity contribution in [3.05, 3.63) is 47.9 Å². The average Bonchev–Trinajstić information content (AvgIpc) is 3.10. The summed E-state index contributed by atoms with van der Waals surface area (Å²) in [6.45, 7) is 4.58. The highest BCUT2D eigenvalue weighted by molar-refractivity contribution is 5.80. The lowest BCUT2D eigenvalue weighted by molar-refractivity contribution is 0.414. The number of nitrogens with zero attached hydrogens (tertiary/aromatic N) is 2. The normalized spacial score (nSPS) is 15.4. The first-order valence-electron chi connectivity index (χ1n) is 9.53. The highest BCUT2D eigenvalue weighted by Crippen LogP contribution is 2.39. The molecule has 0 atom stereocenters. The monoisotopic (exact) mass is 369 g/mol. The van der Waals surface area contributed by atoms with Gasteiger partial charge in [0.1, 0.15) is 5.82 Å². The van der Waals surface area contributed by atoms with Crippen molar-refractivity contribution in [2.75, 3.05) is 29.9 Å². The van der Waals surface area contributed by atoms with E-state index in [2.05, 4.69) is 22.3 Å². The number of rotatable bonds is 5. The third kappa shape index (κ3) is 3.44. The fraction of sp³-hybridized carbons (Fsp3) is 0.381. The Hall–Kier alpha value is -2.76. The second kappa shape index (κ2) is 7.47. The third-order valence-electron chi connectivity index (χ3n) is 5.26. The zero-order valence-corrected chi connectivity index (χ0v) is 15.4. The fourth-order valence-corrected chi connectivity index (χ4v) is 3.81.